The summed E-state index contributed by atoms with van der Waals surface area (Å²) in [6, 6.07) is 5.57. The zero-order valence-corrected chi connectivity index (χ0v) is 15.1. The van der Waals surface area contributed by atoms with E-state index in [1.807, 2.05) is 17.0 Å². The summed E-state index contributed by atoms with van der Waals surface area (Å²) >= 11 is 0. The summed E-state index contributed by atoms with van der Waals surface area (Å²) in [6.07, 6.45) is 1.73. The number of aliphatic hydroxyl groups excluding tert-OH is 1. The second kappa shape index (κ2) is 7.34. The van der Waals surface area contributed by atoms with Crippen molar-refractivity contribution in [3.05, 3.63) is 29.3 Å². The molecule has 5 nitrogen and oxygen atoms in total. The van der Waals surface area contributed by atoms with Gasteiger partial charge in [-0.05, 0) is 42.0 Å². The third-order valence-corrected chi connectivity index (χ3v) is 4.21. The number of amides is 2. The van der Waals surface area contributed by atoms with Crippen LogP contribution in [0.4, 0.5) is 5.69 Å². The minimum Gasteiger partial charge on any atom is -0.396 e. The van der Waals surface area contributed by atoms with Crippen LogP contribution in [-0.4, -0.2) is 48.6 Å². The minimum atomic E-state index is -0.0132. The van der Waals surface area contributed by atoms with Crippen LogP contribution < -0.4 is 4.90 Å². The largest absolute Gasteiger partial charge is 0.396 e. The standard InChI is InChI=1S/C19H28N2O3/c1-19(2,3)13-21(10-5-11-22)18(24)15-6-8-16-14(12-15)7-9-17(23)20(16)4/h6,8,12,22H,5,7,9-11,13H2,1-4H3. The van der Waals surface area contributed by atoms with Crippen molar-refractivity contribution in [2.75, 3.05) is 31.6 Å². The number of nitrogens with zero attached hydrogens (tertiary/aromatic N) is 2. The van der Waals surface area contributed by atoms with Crippen LogP contribution in [0, 0.1) is 5.41 Å². The van der Waals surface area contributed by atoms with Crippen LogP contribution in [0.15, 0.2) is 18.2 Å². The number of rotatable bonds is 5. The Morgan fingerprint density at radius 3 is 2.62 bits per heavy atom. The van der Waals surface area contributed by atoms with Crippen molar-refractivity contribution in [2.24, 2.45) is 5.41 Å². The number of hydrogen-bond acceptors (Lipinski definition) is 3. The van der Waals surface area contributed by atoms with E-state index in [0.717, 1.165) is 11.3 Å². The lowest BCUT2D eigenvalue weighted by Gasteiger charge is -2.31. The number of benzene rings is 1. The second-order valence-electron chi connectivity index (χ2n) is 7.66. The smallest absolute Gasteiger partial charge is 0.253 e. The van der Waals surface area contributed by atoms with E-state index in [4.69, 9.17) is 5.11 Å². The second-order valence-corrected chi connectivity index (χ2v) is 7.66. The number of anilines is 1. The number of carbonyl (C=O) groups excluding carboxylic acids is 2. The number of aliphatic hydroxyl groups is 1. The van der Waals surface area contributed by atoms with Gasteiger partial charge in [0.25, 0.3) is 5.91 Å². The number of fused-ring (bicyclic) bond motifs is 1. The maximum atomic E-state index is 12.9. The molecule has 0 atom stereocenters. The molecule has 0 spiro atoms. The monoisotopic (exact) mass is 332 g/mol. The van der Waals surface area contributed by atoms with E-state index >= 15 is 0 Å². The average molecular weight is 332 g/mol. The maximum Gasteiger partial charge on any atom is 0.253 e. The lowest BCUT2D eigenvalue weighted by atomic mass is 9.95. The molecule has 1 heterocycles. The first-order valence-electron chi connectivity index (χ1n) is 8.52. The van der Waals surface area contributed by atoms with E-state index in [2.05, 4.69) is 20.8 Å². The molecule has 0 saturated heterocycles. The third kappa shape index (κ3) is 4.35. The summed E-state index contributed by atoms with van der Waals surface area (Å²) in [6.45, 7) is 7.55. The molecule has 24 heavy (non-hydrogen) atoms. The van der Waals surface area contributed by atoms with Crippen LogP contribution in [0.1, 0.15) is 49.5 Å². The lowest BCUT2D eigenvalue weighted by Crippen LogP contribution is -2.39. The minimum absolute atomic E-state index is 0.00798. The van der Waals surface area contributed by atoms with Crippen molar-refractivity contribution in [1.29, 1.82) is 0 Å². The van der Waals surface area contributed by atoms with Gasteiger partial charge in [-0.3, -0.25) is 9.59 Å². The van der Waals surface area contributed by atoms with E-state index in [1.165, 1.54) is 0 Å². The molecule has 132 valence electrons. The zero-order valence-electron chi connectivity index (χ0n) is 15.1. The van der Waals surface area contributed by atoms with Crippen molar-refractivity contribution < 1.29 is 14.7 Å². The van der Waals surface area contributed by atoms with E-state index < -0.39 is 0 Å². The summed E-state index contributed by atoms with van der Waals surface area (Å²) in [7, 11) is 1.77. The number of hydrogen-bond donors (Lipinski definition) is 1. The van der Waals surface area contributed by atoms with Gasteiger partial charge in [-0.15, -0.1) is 0 Å². The fourth-order valence-electron chi connectivity index (χ4n) is 3.06. The van der Waals surface area contributed by atoms with Gasteiger partial charge in [-0.1, -0.05) is 20.8 Å². The summed E-state index contributed by atoms with van der Waals surface area (Å²) in [5.74, 6) is 0.0969. The predicted octanol–water partition coefficient (Wildman–Crippen LogP) is 2.47. The van der Waals surface area contributed by atoms with Gasteiger partial charge < -0.3 is 14.9 Å². The highest BCUT2D eigenvalue weighted by molar-refractivity contribution is 5.99. The molecular weight excluding hydrogens is 304 g/mol. The molecule has 2 amide bonds. The molecule has 0 aliphatic carbocycles. The van der Waals surface area contributed by atoms with E-state index in [-0.39, 0.29) is 23.8 Å². The third-order valence-electron chi connectivity index (χ3n) is 4.21. The zero-order chi connectivity index (χ0) is 17.9. The molecule has 1 aromatic carbocycles. The Kier molecular flexibility index (Phi) is 5.65. The molecule has 1 aliphatic heterocycles. The van der Waals surface area contributed by atoms with Crippen LogP contribution in [-0.2, 0) is 11.2 Å². The molecule has 0 unspecified atom stereocenters. The van der Waals surface area contributed by atoms with Gasteiger partial charge in [0.15, 0.2) is 0 Å². The fourth-order valence-corrected chi connectivity index (χ4v) is 3.06. The fraction of sp³-hybridized carbons (Fsp3) is 0.579. The molecule has 0 saturated carbocycles. The molecule has 2 rings (SSSR count). The Morgan fingerprint density at radius 2 is 2.00 bits per heavy atom. The molecular formula is C19H28N2O3. The van der Waals surface area contributed by atoms with Gasteiger partial charge in [0.1, 0.15) is 0 Å². The van der Waals surface area contributed by atoms with Crippen molar-refractivity contribution in [3.8, 4) is 0 Å². The first-order chi connectivity index (χ1) is 11.2. The first-order valence-corrected chi connectivity index (χ1v) is 8.52. The Balaban J connectivity index is 2.25. The number of aryl methyl sites for hydroxylation is 1. The van der Waals surface area contributed by atoms with Crippen molar-refractivity contribution in [1.82, 2.24) is 4.90 Å². The normalized spacial score (nSPS) is 14.5. The molecule has 1 aliphatic rings. The molecule has 0 bridgehead atoms. The maximum absolute atomic E-state index is 12.9. The Bertz CT molecular complexity index is 620. The van der Waals surface area contributed by atoms with Gasteiger partial charge in [-0.25, -0.2) is 0 Å². The van der Waals surface area contributed by atoms with Crippen LogP contribution >= 0.6 is 0 Å². The van der Waals surface area contributed by atoms with E-state index in [0.29, 0.717) is 37.9 Å². The van der Waals surface area contributed by atoms with Crippen LogP contribution in [0.3, 0.4) is 0 Å². The van der Waals surface area contributed by atoms with Crippen molar-refractivity contribution in [2.45, 2.75) is 40.0 Å². The van der Waals surface area contributed by atoms with Crippen LogP contribution in [0.25, 0.3) is 0 Å². The Labute approximate surface area is 144 Å². The average Bonchev–Trinajstić information content (AvgIpc) is 2.53. The van der Waals surface area contributed by atoms with Gasteiger partial charge in [0, 0.05) is 44.4 Å². The molecule has 0 aromatic heterocycles. The molecule has 0 radical (unpaired) electrons. The Morgan fingerprint density at radius 1 is 1.29 bits per heavy atom. The van der Waals surface area contributed by atoms with Gasteiger partial charge in [0.2, 0.25) is 5.91 Å². The summed E-state index contributed by atoms with van der Waals surface area (Å²) < 4.78 is 0. The summed E-state index contributed by atoms with van der Waals surface area (Å²) in [4.78, 5) is 28.2. The summed E-state index contributed by atoms with van der Waals surface area (Å²) in [5.41, 5.74) is 2.58. The van der Waals surface area contributed by atoms with Gasteiger partial charge in [0.05, 0.1) is 0 Å². The first kappa shape index (κ1) is 18.5. The molecule has 1 aromatic rings. The highest BCUT2D eigenvalue weighted by Crippen LogP contribution is 2.28. The van der Waals surface area contributed by atoms with Crippen LogP contribution in [0.5, 0.6) is 0 Å². The Hall–Kier alpha value is -1.88. The van der Waals surface area contributed by atoms with Gasteiger partial charge >= 0.3 is 0 Å². The lowest BCUT2D eigenvalue weighted by molar-refractivity contribution is -0.118. The van der Waals surface area contributed by atoms with E-state index in [9.17, 15) is 9.59 Å². The van der Waals surface area contributed by atoms with Crippen molar-refractivity contribution >= 4 is 17.5 Å². The highest BCUT2D eigenvalue weighted by atomic mass is 16.3. The van der Waals surface area contributed by atoms with Crippen molar-refractivity contribution in [3.63, 3.8) is 0 Å². The predicted molar refractivity (Wildman–Crippen MR) is 95.2 cm³/mol. The molecule has 5 heteroatoms. The summed E-state index contributed by atoms with van der Waals surface area (Å²) in [5, 5.41) is 9.10. The van der Waals surface area contributed by atoms with E-state index in [1.54, 1.807) is 18.0 Å². The topological polar surface area (TPSA) is 60.9 Å². The number of carbonyl (C=O) groups is 2. The van der Waals surface area contributed by atoms with Crippen LogP contribution in [0.2, 0.25) is 0 Å². The van der Waals surface area contributed by atoms with Gasteiger partial charge in [-0.2, -0.15) is 0 Å². The molecule has 1 N–H and O–H groups in total. The highest BCUT2D eigenvalue weighted by Gasteiger charge is 2.25. The molecule has 0 fully saturated rings. The SMILES string of the molecule is CN1C(=O)CCc2cc(C(=O)N(CCCO)CC(C)(C)C)ccc21. The quantitative estimate of drug-likeness (QED) is 0.901.